The molecular weight excluding hydrogens is 183 g/mol. The molecule has 3 heteroatoms. The Morgan fingerprint density at radius 3 is 2.55 bits per heavy atom. The zero-order valence-electron chi connectivity index (χ0n) is 6.32. The van der Waals surface area contributed by atoms with Gasteiger partial charge in [0.1, 0.15) is 4.87 Å². The van der Waals surface area contributed by atoms with Gasteiger partial charge in [-0.15, -0.1) is 11.6 Å². The second-order valence-corrected chi connectivity index (χ2v) is 3.98. The zero-order chi connectivity index (χ0) is 8.65. The van der Waals surface area contributed by atoms with Crippen LogP contribution in [0.3, 0.4) is 0 Å². The molecule has 1 rings (SSSR count). The van der Waals surface area contributed by atoms with Crippen LogP contribution in [0, 0.1) is 0 Å². The Bertz CT molecular complexity index is 261. The molecule has 0 aromatic carbocycles. The van der Waals surface area contributed by atoms with E-state index in [1.165, 1.54) is 0 Å². The largest absolute Gasteiger partial charge is 0.291 e. The lowest BCUT2D eigenvalue weighted by atomic mass is 9.96. The van der Waals surface area contributed by atoms with Crippen LogP contribution in [0.5, 0.6) is 0 Å². The van der Waals surface area contributed by atoms with Crippen molar-refractivity contribution in [2.24, 2.45) is 0 Å². The maximum Gasteiger partial charge on any atom is 0.198 e. The number of carbonyl (C=O) groups is 1. The summed E-state index contributed by atoms with van der Waals surface area (Å²) >= 11 is 11.5. The number of halogens is 2. The van der Waals surface area contributed by atoms with E-state index in [1.807, 2.05) is 6.92 Å². The molecule has 0 saturated carbocycles. The molecule has 11 heavy (non-hydrogen) atoms. The lowest BCUT2D eigenvalue weighted by molar-refractivity contribution is -0.116. The standard InChI is InChI=1S/C8H8Cl2O/c1-5-3-6(9)7(11)8(2,10)4-5/h3-4H,1-2H3. The molecule has 0 amide bonds. The summed E-state index contributed by atoms with van der Waals surface area (Å²) in [6.07, 6.45) is 3.32. The van der Waals surface area contributed by atoms with Crippen LogP contribution in [-0.4, -0.2) is 10.7 Å². The first-order valence-corrected chi connectivity index (χ1v) is 3.99. The second kappa shape index (κ2) is 2.65. The SMILES string of the molecule is CC1=CC(C)(Cl)C(=O)C(Cl)=C1. The van der Waals surface area contributed by atoms with Gasteiger partial charge in [0.05, 0.1) is 5.03 Å². The van der Waals surface area contributed by atoms with Gasteiger partial charge < -0.3 is 0 Å². The van der Waals surface area contributed by atoms with Crippen molar-refractivity contribution in [2.45, 2.75) is 18.7 Å². The van der Waals surface area contributed by atoms with E-state index >= 15 is 0 Å². The van der Waals surface area contributed by atoms with Crippen molar-refractivity contribution in [3.05, 3.63) is 22.8 Å². The van der Waals surface area contributed by atoms with Gasteiger partial charge in [-0.3, -0.25) is 4.79 Å². The summed E-state index contributed by atoms with van der Waals surface area (Å²) in [6.45, 7) is 3.49. The third-order valence-electron chi connectivity index (χ3n) is 1.51. The number of rotatable bonds is 0. The Morgan fingerprint density at radius 2 is 2.09 bits per heavy atom. The quantitative estimate of drug-likeness (QED) is 0.538. The molecule has 0 aromatic heterocycles. The molecule has 0 aromatic rings. The molecule has 0 N–H and O–H groups in total. The highest BCUT2D eigenvalue weighted by molar-refractivity contribution is 6.51. The van der Waals surface area contributed by atoms with E-state index in [-0.39, 0.29) is 10.8 Å². The van der Waals surface area contributed by atoms with Crippen molar-refractivity contribution >= 4 is 29.0 Å². The van der Waals surface area contributed by atoms with Crippen molar-refractivity contribution in [3.63, 3.8) is 0 Å². The maximum absolute atomic E-state index is 11.2. The van der Waals surface area contributed by atoms with Crippen LogP contribution >= 0.6 is 23.2 Å². The molecule has 1 atom stereocenters. The topological polar surface area (TPSA) is 17.1 Å². The van der Waals surface area contributed by atoms with Crippen LogP contribution < -0.4 is 0 Å². The number of Topliss-reactive ketones (excluding diaryl/α,β-unsaturated/α-hetero) is 1. The minimum atomic E-state index is -0.948. The smallest absolute Gasteiger partial charge is 0.198 e. The monoisotopic (exact) mass is 190 g/mol. The molecule has 1 unspecified atom stereocenters. The first-order valence-electron chi connectivity index (χ1n) is 3.24. The van der Waals surface area contributed by atoms with E-state index in [0.29, 0.717) is 0 Å². The highest BCUT2D eigenvalue weighted by Crippen LogP contribution is 2.29. The first kappa shape index (κ1) is 8.82. The lowest BCUT2D eigenvalue weighted by Crippen LogP contribution is -2.29. The minimum Gasteiger partial charge on any atom is -0.291 e. The van der Waals surface area contributed by atoms with Crippen LogP contribution in [0.25, 0.3) is 0 Å². The first-order chi connectivity index (χ1) is 4.93. The van der Waals surface area contributed by atoms with Crippen molar-refractivity contribution in [1.82, 2.24) is 0 Å². The average molecular weight is 191 g/mol. The fourth-order valence-electron chi connectivity index (χ4n) is 1.03. The third-order valence-corrected chi connectivity index (χ3v) is 2.08. The molecule has 60 valence electrons. The van der Waals surface area contributed by atoms with Crippen LogP contribution in [0.15, 0.2) is 22.8 Å². The highest BCUT2D eigenvalue weighted by Gasteiger charge is 2.32. The summed E-state index contributed by atoms with van der Waals surface area (Å²) in [5.41, 5.74) is 0.923. The normalized spacial score (nSPS) is 31.5. The molecule has 0 aliphatic heterocycles. The molecule has 0 spiro atoms. The number of ketones is 1. The molecule has 0 heterocycles. The van der Waals surface area contributed by atoms with Crippen LogP contribution in [-0.2, 0) is 4.79 Å². The predicted molar refractivity (Wildman–Crippen MR) is 47.0 cm³/mol. The summed E-state index contributed by atoms with van der Waals surface area (Å²) in [5, 5.41) is 0.211. The van der Waals surface area contributed by atoms with E-state index < -0.39 is 4.87 Å². The molecule has 1 nitrogen and oxygen atoms in total. The predicted octanol–water partition coefficient (Wildman–Crippen LogP) is 2.64. The molecule has 0 saturated heterocycles. The highest BCUT2D eigenvalue weighted by atomic mass is 35.5. The Kier molecular flexibility index (Phi) is 2.13. The Labute approximate surface area is 75.7 Å². The number of allylic oxidation sites excluding steroid dienone is 4. The Morgan fingerprint density at radius 1 is 1.55 bits per heavy atom. The zero-order valence-corrected chi connectivity index (χ0v) is 7.83. The molecule has 1 aliphatic carbocycles. The van der Waals surface area contributed by atoms with Gasteiger partial charge in [0.2, 0.25) is 0 Å². The summed E-state index contributed by atoms with van der Waals surface area (Å²) in [4.78, 5) is 10.3. The second-order valence-electron chi connectivity index (χ2n) is 2.79. The van der Waals surface area contributed by atoms with E-state index in [4.69, 9.17) is 23.2 Å². The van der Waals surface area contributed by atoms with Gasteiger partial charge in [-0.2, -0.15) is 0 Å². The number of alkyl halides is 1. The van der Waals surface area contributed by atoms with Crippen LogP contribution in [0.4, 0.5) is 0 Å². The van der Waals surface area contributed by atoms with Gasteiger partial charge in [0.15, 0.2) is 5.78 Å². The average Bonchev–Trinajstić information content (AvgIpc) is 1.81. The van der Waals surface area contributed by atoms with E-state index in [1.54, 1.807) is 19.1 Å². The fourth-order valence-corrected chi connectivity index (χ4v) is 1.72. The van der Waals surface area contributed by atoms with Crippen molar-refractivity contribution in [2.75, 3.05) is 0 Å². The molecule has 0 bridgehead atoms. The van der Waals surface area contributed by atoms with Crippen molar-refractivity contribution < 1.29 is 4.79 Å². The Hall–Kier alpha value is -0.270. The third kappa shape index (κ3) is 1.66. The summed E-state index contributed by atoms with van der Waals surface area (Å²) in [7, 11) is 0. The number of hydrogen-bond acceptors (Lipinski definition) is 1. The molecule has 0 fully saturated rings. The lowest BCUT2D eigenvalue weighted by Gasteiger charge is -2.20. The Balaban J connectivity index is 3.11. The van der Waals surface area contributed by atoms with Gasteiger partial charge >= 0.3 is 0 Å². The van der Waals surface area contributed by atoms with Gasteiger partial charge in [0.25, 0.3) is 0 Å². The van der Waals surface area contributed by atoms with E-state index in [0.717, 1.165) is 5.57 Å². The summed E-state index contributed by atoms with van der Waals surface area (Å²) < 4.78 is 0. The molecular formula is C8H8Cl2O. The van der Waals surface area contributed by atoms with E-state index in [9.17, 15) is 4.79 Å². The van der Waals surface area contributed by atoms with Gasteiger partial charge in [-0.1, -0.05) is 23.3 Å². The van der Waals surface area contributed by atoms with Gasteiger partial charge in [-0.25, -0.2) is 0 Å². The van der Waals surface area contributed by atoms with Gasteiger partial charge in [-0.05, 0) is 19.9 Å². The molecule has 1 aliphatic rings. The van der Waals surface area contributed by atoms with E-state index in [2.05, 4.69) is 0 Å². The van der Waals surface area contributed by atoms with Crippen molar-refractivity contribution in [3.8, 4) is 0 Å². The maximum atomic E-state index is 11.2. The number of hydrogen-bond donors (Lipinski definition) is 0. The number of carbonyl (C=O) groups excluding carboxylic acids is 1. The summed E-state index contributed by atoms with van der Waals surface area (Å²) in [5.74, 6) is -0.230. The van der Waals surface area contributed by atoms with Crippen LogP contribution in [0.1, 0.15) is 13.8 Å². The minimum absolute atomic E-state index is 0.211. The van der Waals surface area contributed by atoms with Crippen LogP contribution in [0.2, 0.25) is 0 Å². The van der Waals surface area contributed by atoms with Gasteiger partial charge in [0, 0.05) is 0 Å². The van der Waals surface area contributed by atoms with Crippen molar-refractivity contribution in [1.29, 1.82) is 0 Å². The molecule has 0 radical (unpaired) electrons. The fraction of sp³-hybridized carbons (Fsp3) is 0.375. The summed E-state index contributed by atoms with van der Waals surface area (Å²) in [6, 6.07) is 0.